The van der Waals surface area contributed by atoms with Crippen molar-refractivity contribution in [3.05, 3.63) is 23.0 Å². The fraction of sp³-hybridized carbons (Fsp3) is 0.688. The molecule has 2 rings (SSSR count). The summed E-state index contributed by atoms with van der Waals surface area (Å²) in [6, 6.07) is 2.36. The van der Waals surface area contributed by atoms with Crippen LogP contribution in [0.15, 0.2) is 6.07 Å². The molecule has 1 aliphatic carbocycles. The molecule has 20 heavy (non-hydrogen) atoms. The average Bonchev–Trinajstić information content (AvgIpc) is 2.62. The largest absolute Gasteiger partial charge is 0.351 e. The Labute approximate surface area is 121 Å². The monoisotopic (exact) mass is 277 g/mol. The molecular formula is C16H27N3O. The fourth-order valence-electron chi connectivity index (χ4n) is 3.01. The molecule has 4 nitrogen and oxygen atoms in total. The first-order valence-electron chi connectivity index (χ1n) is 7.53. The number of amides is 1. The molecule has 0 spiro atoms. The summed E-state index contributed by atoms with van der Waals surface area (Å²) in [5.41, 5.74) is 9.85. The van der Waals surface area contributed by atoms with Gasteiger partial charge in [0.15, 0.2) is 0 Å². The Morgan fingerprint density at radius 1 is 1.50 bits per heavy atom. The van der Waals surface area contributed by atoms with Gasteiger partial charge in [-0.25, -0.2) is 0 Å². The molecule has 0 fully saturated rings. The Kier molecular flexibility index (Phi) is 4.23. The third kappa shape index (κ3) is 3.42. The Balaban J connectivity index is 2.05. The maximum atomic E-state index is 11.9. The second-order valence-corrected chi connectivity index (χ2v) is 6.89. The Hall–Kier alpha value is -1.29. The number of nitrogens with zero attached hydrogens (tertiary/aromatic N) is 1. The summed E-state index contributed by atoms with van der Waals surface area (Å²) in [6.07, 6.45) is 3.82. The van der Waals surface area contributed by atoms with E-state index in [-0.39, 0.29) is 17.5 Å². The number of aryl methyl sites for hydroxylation is 1. The average molecular weight is 277 g/mol. The van der Waals surface area contributed by atoms with Gasteiger partial charge in [-0.05, 0) is 58.6 Å². The third-order valence-electron chi connectivity index (χ3n) is 3.85. The Bertz CT molecular complexity index is 497. The van der Waals surface area contributed by atoms with Gasteiger partial charge in [-0.3, -0.25) is 4.79 Å². The lowest BCUT2D eigenvalue weighted by molar-refractivity contribution is -0.122. The first-order chi connectivity index (χ1) is 9.28. The van der Waals surface area contributed by atoms with Crippen LogP contribution < -0.4 is 11.1 Å². The maximum Gasteiger partial charge on any atom is 0.222 e. The van der Waals surface area contributed by atoms with Crippen molar-refractivity contribution in [2.24, 2.45) is 5.73 Å². The predicted molar refractivity (Wildman–Crippen MR) is 81.5 cm³/mol. The van der Waals surface area contributed by atoms with Crippen molar-refractivity contribution in [2.45, 2.75) is 71.5 Å². The van der Waals surface area contributed by atoms with Gasteiger partial charge >= 0.3 is 0 Å². The van der Waals surface area contributed by atoms with Crippen molar-refractivity contribution < 1.29 is 4.79 Å². The summed E-state index contributed by atoms with van der Waals surface area (Å²) < 4.78 is 2.27. The van der Waals surface area contributed by atoms with E-state index in [1.807, 2.05) is 20.8 Å². The van der Waals surface area contributed by atoms with E-state index >= 15 is 0 Å². The van der Waals surface area contributed by atoms with Crippen molar-refractivity contribution >= 4 is 5.91 Å². The highest BCUT2D eigenvalue weighted by Gasteiger charge is 2.22. The SMILES string of the molecule is Cc1cc2c(n1CCC(=O)NC(C)(C)C)CCCC2N. The van der Waals surface area contributed by atoms with Crippen LogP contribution in [0, 0.1) is 6.92 Å². The number of carbonyl (C=O) groups is 1. The highest BCUT2D eigenvalue weighted by atomic mass is 16.1. The molecule has 1 amide bonds. The predicted octanol–water partition coefficient (Wildman–Crippen LogP) is 2.44. The molecule has 112 valence electrons. The molecule has 0 radical (unpaired) electrons. The minimum absolute atomic E-state index is 0.111. The van der Waals surface area contributed by atoms with E-state index in [9.17, 15) is 4.79 Å². The first kappa shape index (κ1) is 15.1. The first-order valence-corrected chi connectivity index (χ1v) is 7.53. The van der Waals surface area contributed by atoms with E-state index < -0.39 is 0 Å². The molecule has 4 heteroatoms. The summed E-state index contributed by atoms with van der Waals surface area (Å²) in [4.78, 5) is 11.9. The molecule has 1 heterocycles. The summed E-state index contributed by atoms with van der Waals surface area (Å²) in [6.45, 7) is 8.87. The molecule has 1 aromatic heterocycles. The molecule has 0 saturated heterocycles. The van der Waals surface area contributed by atoms with Crippen LogP contribution in [-0.2, 0) is 17.8 Å². The highest BCUT2D eigenvalue weighted by molar-refractivity contribution is 5.76. The van der Waals surface area contributed by atoms with Gasteiger partial charge in [-0.2, -0.15) is 0 Å². The summed E-state index contributed by atoms with van der Waals surface area (Å²) in [7, 11) is 0. The van der Waals surface area contributed by atoms with Crippen LogP contribution in [0.25, 0.3) is 0 Å². The quantitative estimate of drug-likeness (QED) is 0.891. The zero-order chi connectivity index (χ0) is 14.9. The van der Waals surface area contributed by atoms with Crippen molar-refractivity contribution in [1.29, 1.82) is 0 Å². The molecule has 0 aromatic carbocycles. The standard InChI is InChI=1S/C16H27N3O/c1-11-10-12-13(17)6-5-7-14(12)19(11)9-8-15(20)18-16(2,3)4/h10,13H,5-9,17H2,1-4H3,(H,18,20). The van der Waals surface area contributed by atoms with Crippen molar-refractivity contribution in [3.8, 4) is 0 Å². The van der Waals surface area contributed by atoms with E-state index in [0.717, 1.165) is 25.8 Å². The number of nitrogens with one attached hydrogen (secondary N) is 1. The van der Waals surface area contributed by atoms with E-state index in [1.54, 1.807) is 0 Å². The van der Waals surface area contributed by atoms with Gasteiger partial charge in [-0.15, -0.1) is 0 Å². The third-order valence-corrected chi connectivity index (χ3v) is 3.85. The van der Waals surface area contributed by atoms with Gasteiger partial charge < -0.3 is 15.6 Å². The molecule has 3 N–H and O–H groups in total. The van der Waals surface area contributed by atoms with Gasteiger partial charge in [0.25, 0.3) is 0 Å². The minimum Gasteiger partial charge on any atom is -0.351 e. The molecule has 0 aliphatic heterocycles. The van der Waals surface area contributed by atoms with Crippen LogP contribution in [0.4, 0.5) is 0 Å². The van der Waals surface area contributed by atoms with Crippen molar-refractivity contribution in [3.63, 3.8) is 0 Å². The highest BCUT2D eigenvalue weighted by Crippen LogP contribution is 2.30. The van der Waals surface area contributed by atoms with E-state index in [0.29, 0.717) is 6.42 Å². The maximum absolute atomic E-state index is 11.9. The summed E-state index contributed by atoms with van der Waals surface area (Å²) in [5, 5.41) is 3.01. The number of hydrogen-bond donors (Lipinski definition) is 2. The topological polar surface area (TPSA) is 60.0 Å². The smallest absolute Gasteiger partial charge is 0.222 e. The van der Waals surface area contributed by atoms with Crippen molar-refractivity contribution in [1.82, 2.24) is 9.88 Å². The molecule has 1 aromatic rings. The molecule has 0 saturated carbocycles. The number of rotatable bonds is 3. The van der Waals surface area contributed by atoms with Gasteiger partial charge in [0, 0.05) is 35.9 Å². The van der Waals surface area contributed by atoms with E-state index in [4.69, 9.17) is 5.73 Å². The Morgan fingerprint density at radius 3 is 2.85 bits per heavy atom. The minimum atomic E-state index is -0.162. The van der Waals surface area contributed by atoms with Crippen LogP contribution in [0.1, 0.15) is 63.0 Å². The fourth-order valence-corrected chi connectivity index (χ4v) is 3.01. The number of fused-ring (bicyclic) bond motifs is 1. The molecule has 1 aliphatic rings. The number of carbonyl (C=O) groups excluding carboxylic acids is 1. The van der Waals surface area contributed by atoms with Gasteiger partial charge in [0.2, 0.25) is 5.91 Å². The Morgan fingerprint density at radius 2 is 2.20 bits per heavy atom. The molecule has 1 unspecified atom stereocenters. The number of nitrogens with two attached hydrogens (primary N) is 1. The second kappa shape index (κ2) is 5.60. The van der Waals surface area contributed by atoms with Crippen LogP contribution in [0.5, 0.6) is 0 Å². The lowest BCUT2D eigenvalue weighted by Gasteiger charge is -2.22. The normalized spacial score (nSPS) is 18.8. The number of hydrogen-bond acceptors (Lipinski definition) is 2. The van der Waals surface area contributed by atoms with Gasteiger partial charge in [0.05, 0.1) is 0 Å². The molecule has 0 bridgehead atoms. The summed E-state index contributed by atoms with van der Waals surface area (Å²) >= 11 is 0. The lowest BCUT2D eigenvalue weighted by Crippen LogP contribution is -2.40. The van der Waals surface area contributed by atoms with Gasteiger partial charge in [0.1, 0.15) is 0 Å². The van der Waals surface area contributed by atoms with Gasteiger partial charge in [-0.1, -0.05) is 0 Å². The molecular weight excluding hydrogens is 250 g/mol. The summed E-state index contributed by atoms with van der Waals surface area (Å²) in [5.74, 6) is 0.111. The second-order valence-electron chi connectivity index (χ2n) is 6.89. The number of aromatic nitrogens is 1. The zero-order valence-corrected chi connectivity index (χ0v) is 13.1. The zero-order valence-electron chi connectivity index (χ0n) is 13.1. The van der Waals surface area contributed by atoms with Crippen LogP contribution in [0.3, 0.4) is 0 Å². The van der Waals surface area contributed by atoms with Crippen LogP contribution in [-0.4, -0.2) is 16.0 Å². The van der Waals surface area contributed by atoms with E-state index in [2.05, 4.69) is 22.9 Å². The van der Waals surface area contributed by atoms with Crippen LogP contribution in [0.2, 0.25) is 0 Å². The molecule has 1 atom stereocenters. The van der Waals surface area contributed by atoms with E-state index in [1.165, 1.54) is 17.0 Å². The van der Waals surface area contributed by atoms with Crippen molar-refractivity contribution in [2.75, 3.05) is 0 Å². The lowest BCUT2D eigenvalue weighted by atomic mass is 9.93. The van der Waals surface area contributed by atoms with Crippen LogP contribution >= 0.6 is 0 Å².